The fraction of sp³-hybridized carbons (Fsp3) is 0.375. The first-order chi connectivity index (χ1) is 10.1. The minimum absolute atomic E-state index is 0.0840. The fourth-order valence-corrected chi connectivity index (χ4v) is 2.16. The van der Waals surface area contributed by atoms with Gasteiger partial charge in [0.2, 0.25) is 0 Å². The Morgan fingerprint density at radius 1 is 1.38 bits per heavy atom. The van der Waals surface area contributed by atoms with Crippen molar-refractivity contribution in [3.63, 3.8) is 0 Å². The maximum absolute atomic E-state index is 12.2. The molecule has 112 valence electrons. The summed E-state index contributed by atoms with van der Waals surface area (Å²) in [5, 5.41) is 16.1. The molecule has 2 aromatic rings. The third-order valence-corrected chi connectivity index (χ3v) is 3.38. The smallest absolute Gasteiger partial charge is 0.255 e. The molecule has 1 aromatic carbocycles. The van der Waals surface area contributed by atoms with Crippen LogP contribution in [0.25, 0.3) is 5.69 Å². The summed E-state index contributed by atoms with van der Waals surface area (Å²) >= 11 is 0. The van der Waals surface area contributed by atoms with Crippen molar-refractivity contribution in [3.8, 4) is 5.69 Å². The molecule has 1 unspecified atom stereocenters. The Hall–Kier alpha value is -2.14. The largest absolute Gasteiger partial charge is 0.394 e. The standard InChI is InChI=1S/C16H21N3O2/c1-4-15-14(16(21)18-12(3)10-20)9-17-19(15)13-7-5-11(2)6-8-13/h5-9,12,20H,4,10H2,1-3H3,(H,18,21). The Labute approximate surface area is 124 Å². The molecule has 0 fully saturated rings. The second-order valence-electron chi connectivity index (χ2n) is 5.16. The molecule has 0 aliphatic heterocycles. The lowest BCUT2D eigenvalue weighted by Gasteiger charge is -2.11. The molecule has 1 aromatic heterocycles. The van der Waals surface area contributed by atoms with Gasteiger partial charge in [-0.25, -0.2) is 4.68 Å². The maximum atomic E-state index is 12.2. The van der Waals surface area contributed by atoms with E-state index < -0.39 is 0 Å². The number of nitrogens with zero attached hydrogens (tertiary/aromatic N) is 2. The van der Waals surface area contributed by atoms with Gasteiger partial charge < -0.3 is 10.4 Å². The summed E-state index contributed by atoms with van der Waals surface area (Å²) in [6, 6.07) is 7.73. The number of aryl methyl sites for hydroxylation is 1. The SMILES string of the molecule is CCc1c(C(=O)NC(C)CO)cnn1-c1ccc(C)cc1. The molecule has 0 saturated carbocycles. The molecular weight excluding hydrogens is 266 g/mol. The van der Waals surface area contributed by atoms with Crippen LogP contribution in [0.4, 0.5) is 0 Å². The van der Waals surface area contributed by atoms with E-state index in [1.54, 1.807) is 17.8 Å². The zero-order chi connectivity index (χ0) is 15.4. The number of carbonyl (C=O) groups excluding carboxylic acids is 1. The van der Waals surface area contributed by atoms with Crippen LogP contribution in [0.3, 0.4) is 0 Å². The number of rotatable bonds is 5. The summed E-state index contributed by atoms with van der Waals surface area (Å²) in [7, 11) is 0. The Kier molecular flexibility index (Phi) is 4.75. The zero-order valence-corrected chi connectivity index (χ0v) is 12.6. The van der Waals surface area contributed by atoms with E-state index >= 15 is 0 Å². The van der Waals surface area contributed by atoms with Gasteiger partial charge in [0.1, 0.15) is 0 Å². The molecule has 2 rings (SSSR count). The quantitative estimate of drug-likeness (QED) is 0.882. The number of hydrogen-bond acceptors (Lipinski definition) is 3. The predicted molar refractivity (Wildman–Crippen MR) is 81.7 cm³/mol. The molecule has 0 bridgehead atoms. The molecule has 2 N–H and O–H groups in total. The van der Waals surface area contributed by atoms with Crippen LogP contribution in [-0.2, 0) is 6.42 Å². The van der Waals surface area contributed by atoms with Crippen LogP contribution >= 0.6 is 0 Å². The second kappa shape index (κ2) is 6.54. The number of carbonyl (C=O) groups is 1. The lowest BCUT2D eigenvalue weighted by atomic mass is 10.1. The van der Waals surface area contributed by atoms with Gasteiger partial charge in [-0.3, -0.25) is 4.79 Å². The Bertz CT molecular complexity index is 617. The lowest BCUT2D eigenvalue weighted by Crippen LogP contribution is -2.35. The van der Waals surface area contributed by atoms with Crippen LogP contribution in [0.15, 0.2) is 30.5 Å². The van der Waals surface area contributed by atoms with Crippen LogP contribution in [0.1, 0.15) is 35.5 Å². The molecule has 0 aliphatic rings. The molecule has 1 heterocycles. The van der Waals surface area contributed by atoms with Gasteiger partial charge in [-0.15, -0.1) is 0 Å². The molecule has 0 radical (unpaired) electrons. The average Bonchev–Trinajstić information content (AvgIpc) is 2.91. The first-order valence-electron chi connectivity index (χ1n) is 7.12. The van der Waals surface area contributed by atoms with Gasteiger partial charge in [0.05, 0.1) is 29.7 Å². The van der Waals surface area contributed by atoms with Crippen molar-refractivity contribution in [1.82, 2.24) is 15.1 Å². The van der Waals surface area contributed by atoms with Crippen molar-refractivity contribution in [2.24, 2.45) is 0 Å². The molecule has 0 saturated heterocycles. The monoisotopic (exact) mass is 287 g/mol. The number of benzene rings is 1. The first-order valence-corrected chi connectivity index (χ1v) is 7.12. The molecule has 1 amide bonds. The van der Waals surface area contributed by atoms with Gasteiger partial charge in [-0.2, -0.15) is 5.10 Å². The van der Waals surface area contributed by atoms with Gasteiger partial charge >= 0.3 is 0 Å². The third kappa shape index (κ3) is 3.31. The highest BCUT2D eigenvalue weighted by molar-refractivity contribution is 5.95. The van der Waals surface area contributed by atoms with Crippen molar-refractivity contribution in [2.75, 3.05) is 6.61 Å². The molecule has 0 aliphatic carbocycles. The molecular formula is C16H21N3O2. The van der Waals surface area contributed by atoms with Crippen LogP contribution in [0.2, 0.25) is 0 Å². The number of amides is 1. The summed E-state index contributed by atoms with van der Waals surface area (Å²) < 4.78 is 1.79. The summed E-state index contributed by atoms with van der Waals surface area (Å²) in [6.45, 7) is 5.70. The molecule has 0 spiro atoms. The second-order valence-corrected chi connectivity index (χ2v) is 5.16. The Balaban J connectivity index is 2.34. The van der Waals surface area contributed by atoms with Crippen molar-refractivity contribution < 1.29 is 9.90 Å². The number of aromatic nitrogens is 2. The topological polar surface area (TPSA) is 67.2 Å². The van der Waals surface area contributed by atoms with Gasteiger partial charge in [0.25, 0.3) is 5.91 Å². The van der Waals surface area contributed by atoms with Crippen molar-refractivity contribution in [1.29, 1.82) is 0 Å². The van der Waals surface area contributed by atoms with E-state index in [-0.39, 0.29) is 18.6 Å². The van der Waals surface area contributed by atoms with Crippen molar-refractivity contribution in [3.05, 3.63) is 47.3 Å². The van der Waals surface area contributed by atoms with Crippen molar-refractivity contribution in [2.45, 2.75) is 33.2 Å². The lowest BCUT2D eigenvalue weighted by molar-refractivity contribution is 0.0921. The molecule has 1 atom stereocenters. The molecule has 5 nitrogen and oxygen atoms in total. The normalized spacial score (nSPS) is 12.2. The minimum atomic E-state index is -0.273. The Morgan fingerprint density at radius 3 is 2.62 bits per heavy atom. The van der Waals surface area contributed by atoms with E-state index in [1.807, 2.05) is 38.1 Å². The number of hydrogen-bond donors (Lipinski definition) is 2. The van der Waals surface area contributed by atoms with Crippen molar-refractivity contribution >= 4 is 5.91 Å². The van der Waals surface area contributed by atoms with E-state index in [1.165, 1.54) is 5.56 Å². The molecule has 21 heavy (non-hydrogen) atoms. The van der Waals surface area contributed by atoms with E-state index in [0.717, 1.165) is 11.4 Å². The number of aliphatic hydroxyl groups is 1. The van der Waals surface area contributed by atoms with Gasteiger partial charge in [-0.1, -0.05) is 24.6 Å². The van der Waals surface area contributed by atoms with Crippen LogP contribution in [0.5, 0.6) is 0 Å². The number of aliphatic hydroxyl groups excluding tert-OH is 1. The third-order valence-electron chi connectivity index (χ3n) is 3.38. The van der Waals surface area contributed by atoms with Gasteiger partial charge in [0, 0.05) is 6.04 Å². The van der Waals surface area contributed by atoms with Gasteiger partial charge in [0.15, 0.2) is 0 Å². The van der Waals surface area contributed by atoms with Crippen LogP contribution in [-0.4, -0.2) is 33.4 Å². The highest BCUT2D eigenvalue weighted by Crippen LogP contribution is 2.16. The van der Waals surface area contributed by atoms with Gasteiger partial charge in [-0.05, 0) is 32.4 Å². The minimum Gasteiger partial charge on any atom is -0.394 e. The first kappa shape index (κ1) is 15.3. The van der Waals surface area contributed by atoms with E-state index in [9.17, 15) is 4.79 Å². The summed E-state index contributed by atoms with van der Waals surface area (Å²) in [5.74, 6) is -0.202. The van der Waals surface area contributed by atoms with E-state index in [4.69, 9.17) is 5.11 Å². The summed E-state index contributed by atoms with van der Waals surface area (Å²) in [4.78, 5) is 12.2. The van der Waals surface area contributed by atoms with E-state index in [2.05, 4.69) is 10.4 Å². The van der Waals surface area contributed by atoms with Crippen LogP contribution < -0.4 is 5.32 Å². The zero-order valence-electron chi connectivity index (χ0n) is 12.6. The maximum Gasteiger partial charge on any atom is 0.255 e. The average molecular weight is 287 g/mol. The highest BCUT2D eigenvalue weighted by atomic mass is 16.3. The highest BCUT2D eigenvalue weighted by Gasteiger charge is 2.18. The number of nitrogens with one attached hydrogen (secondary N) is 1. The Morgan fingerprint density at radius 2 is 2.05 bits per heavy atom. The molecule has 5 heteroatoms. The summed E-state index contributed by atoms with van der Waals surface area (Å²) in [6.07, 6.45) is 2.28. The predicted octanol–water partition coefficient (Wildman–Crippen LogP) is 1.85. The fourth-order valence-electron chi connectivity index (χ4n) is 2.16. The van der Waals surface area contributed by atoms with E-state index in [0.29, 0.717) is 12.0 Å². The van der Waals surface area contributed by atoms with Crippen LogP contribution in [0, 0.1) is 6.92 Å². The summed E-state index contributed by atoms with van der Waals surface area (Å²) in [5.41, 5.74) is 3.53.